The highest BCUT2D eigenvalue weighted by Crippen LogP contribution is 2.35. The fourth-order valence-corrected chi connectivity index (χ4v) is 3.86. The monoisotopic (exact) mass is 515 g/mol. The first-order chi connectivity index (χ1) is 14.6. The van der Waals surface area contributed by atoms with Crippen molar-refractivity contribution in [3.8, 4) is 23.0 Å². The number of benzene rings is 2. The van der Waals surface area contributed by atoms with Gasteiger partial charge in [-0.25, -0.2) is 13.8 Å². The van der Waals surface area contributed by atoms with Crippen LogP contribution in [-0.2, 0) is 14.8 Å². The van der Waals surface area contributed by atoms with Crippen molar-refractivity contribution in [2.45, 2.75) is 0 Å². The number of hydrogen-bond donors (Lipinski definition) is 2. The van der Waals surface area contributed by atoms with Crippen LogP contribution in [0.15, 0.2) is 39.9 Å². The molecule has 0 unspecified atom stereocenters. The van der Waals surface area contributed by atoms with Gasteiger partial charge in [-0.1, -0.05) is 0 Å². The lowest BCUT2D eigenvalue weighted by Gasteiger charge is -2.22. The largest absolute Gasteiger partial charge is 0.503 e. The normalized spacial score (nSPS) is 11.3. The first-order valence-corrected chi connectivity index (χ1v) is 11.3. The molecule has 0 bridgehead atoms. The van der Waals surface area contributed by atoms with Crippen LogP contribution in [0.4, 0.5) is 5.69 Å². The van der Waals surface area contributed by atoms with E-state index in [1.807, 2.05) is 0 Å². The van der Waals surface area contributed by atoms with Crippen LogP contribution < -0.4 is 23.9 Å². The van der Waals surface area contributed by atoms with Gasteiger partial charge in [0.2, 0.25) is 10.0 Å². The smallest absolute Gasteiger partial charge is 0.260 e. The van der Waals surface area contributed by atoms with E-state index in [-0.39, 0.29) is 17.2 Å². The van der Waals surface area contributed by atoms with Gasteiger partial charge < -0.3 is 19.3 Å². The number of rotatable bonds is 9. The lowest BCUT2D eigenvalue weighted by Crippen LogP contribution is -2.39. The molecule has 168 valence electrons. The molecule has 0 atom stereocenters. The Labute approximate surface area is 188 Å². The molecule has 2 N–H and O–H groups in total. The van der Waals surface area contributed by atoms with Gasteiger partial charge >= 0.3 is 0 Å². The number of methoxy groups -OCH3 is 3. The van der Waals surface area contributed by atoms with Crippen LogP contribution in [0.2, 0.25) is 0 Å². The lowest BCUT2D eigenvalue weighted by molar-refractivity contribution is -0.119. The number of aromatic hydroxyl groups is 1. The van der Waals surface area contributed by atoms with E-state index in [2.05, 4.69) is 26.5 Å². The summed E-state index contributed by atoms with van der Waals surface area (Å²) >= 11 is 3.19. The van der Waals surface area contributed by atoms with Crippen LogP contribution in [0, 0.1) is 0 Å². The summed E-state index contributed by atoms with van der Waals surface area (Å²) < 4.78 is 41.2. The molecule has 0 aromatic heterocycles. The maximum atomic E-state index is 12.3. The fraction of sp³-hybridized carbons (Fsp3) is 0.263. The van der Waals surface area contributed by atoms with Gasteiger partial charge in [-0.3, -0.25) is 9.10 Å². The van der Waals surface area contributed by atoms with Crippen LogP contribution in [0.25, 0.3) is 0 Å². The number of nitrogens with one attached hydrogen (secondary N) is 1. The average molecular weight is 516 g/mol. The summed E-state index contributed by atoms with van der Waals surface area (Å²) in [7, 11) is 0.500. The van der Waals surface area contributed by atoms with Crippen LogP contribution in [0.1, 0.15) is 5.56 Å². The SMILES string of the molecule is COc1ccc(N(CC(=O)N/N=C\c2cc(Br)c(O)c(OC)c2)S(C)(=O)=O)cc1OC. The van der Waals surface area contributed by atoms with Crippen LogP contribution >= 0.6 is 15.9 Å². The average Bonchev–Trinajstić information content (AvgIpc) is 2.73. The summed E-state index contributed by atoms with van der Waals surface area (Å²) in [6.45, 7) is -0.506. The van der Waals surface area contributed by atoms with Gasteiger partial charge in [-0.15, -0.1) is 0 Å². The molecule has 12 heteroatoms. The van der Waals surface area contributed by atoms with Crippen LogP contribution in [0.3, 0.4) is 0 Å². The molecule has 0 saturated carbocycles. The number of ether oxygens (including phenoxy) is 3. The summed E-state index contributed by atoms with van der Waals surface area (Å²) in [4.78, 5) is 12.3. The Morgan fingerprint density at radius 1 is 1.13 bits per heavy atom. The second-order valence-electron chi connectivity index (χ2n) is 6.16. The van der Waals surface area contributed by atoms with E-state index in [4.69, 9.17) is 14.2 Å². The Balaban J connectivity index is 2.17. The van der Waals surface area contributed by atoms with Crippen molar-refractivity contribution in [3.63, 3.8) is 0 Å². The molecule has 0 heterocycles. The van der Waals surface area contributed by atoms with Crippen molar-refractivity contribution in [2.24, 2.45) is 5.10 Å². The predicted octanol–water partition coefficient (Wildman–Crippen LogP) is 2.10. The van der Waals surface area contributed by atoms with Gasteiger partial charge in [0.15, 0.2) is 23.0 Å². The zero-order chi connectivity index (χ0) is 23.2. The summed E-state index contributed by atoms with van der Waals surface area (Å²) in [5.74, 6) is 0.227. The third kappa shape index (κ3) is 6.25. The van der Waals surface area contributed by atoms with E-state index in [1.165, 1.54) is 45.7 Å². The molecule has 0 radical (unpaired) electrons. The number of anilines is 1. The third-order valence-electron chi connectivity index (χ3n) is 4.02. The number of sulfonamides is 1. The number of hydrogen-bond acceptors (Lipinski definition) is 8. The summed E-state index contributed by atoms with van der Waals surface area (Å²) in [6.07, 6.45) is 2.31. The summed E-state index contributed by atoms with van der Waals surface area (Å²) in [6, 6.07) is 7.58. The second-order valence-corrected chi connectivity index (χ2v) is 8.92. The lowest BCUT2D eigenvalue weighted by atomic mass is 10.2. The number of amides is 1. The molecule has 0 aliphatic heterocycles. The third-order valence-corrected chi connectivity index (χ3v) is 5.76. The van der Waals surface area contributed by atoms with Crippen molar-refractivity contribution >= 4 is 43.8 Å². The minimum Gasteiger partial charge on any atom is -0.503 e. The van der Waals surface area contributed by atoms with E-state index >= 15 is 0 Å². The Bertz CT molecular complexity index is 1090. The molecular weight excluding hydrogens is 494 g/mol. The fourth-order valence-electron chi connectivity index (χ4n) is 2.55. The van der Waals surface area contributed by atoms with Crippen molar-refractivity contribution in [2.75, 3.05) is 38.4 Å². The number of nitrogens with zero attached hydrogens (tertiary/aromatic N) is 2. The minimum atomic E-state index is -3.78. The van der Waals surface area contributed by atoms with Crippen molar-refractivity contribution in [1.29, 1.82) is 0 Å². The highest BCUT2D eigenvalue weighted by atomic mass is 79.9. The highest BCUT2D eigenvalue weighted by molar-refractivity contribution is 9.10. The van der Waals surface area contributed by atoms with Gasteiger partial charge in [0.05, 0.1) is 44.0 Å². The standard InChI is InChI=1S/C19H22BrN3O7S/c1-28-15-6-5-13(9-16(15)29-2)23(31(4,26)27)11-18(24)22-21-10-12-7-14(20)19(25)17(8-12)30-3/h5-10,25H,11H2,1-4H3,(H,22,24)/b21-10-. The van der Waals surface area contributed by atoms with Gasteiger partial charge in [-0.05, 0) is 45.8 Å². The molecule has 0 fully saturated rings. The molecule has 2 aromatic carbocycles. The van der Waals surface area contributed by atoms with Gasteiger partial charge in [-0.2, -0.15) is 5.10 Å². The molecule has 0 spiro atoms. The van der Waals surface area contributed by atoms with E-state index in [9.17, 15) is 18.3 Å². The summed E-state index contributed by atoms with van der Waals surface area (Å²) in [5, 5.41) is 13.7. The quantitative estimate of drug-likeness (QED) is 0.386. The van der Waals surface area contributed by atoms with Crippen molar-refractivity contribution in [1.82, 2.24) is 5.43 Å². The Morgan fingerprint density at radius 3 is 2.35 bits per heavy atom. The Morgan fingerprint density at radius 2 is 1.77 bits per heavy atom. The first kappa shape index (κ1) is 24.3. The number of phenols is 1. The van der Waals surface area contributed by atoms with Gasteiger partial charge in [0.1, 0.15) is 6.54 Å². The van der Waals surface area contributed by atoms with E-state index in [1.54, 1.807) is 12.1 Å². The molecule has 31 heavy (non-hydrogen) atoms. The molecule has 2 rings (SSSR count). The van der Waals surface area contributed by atoms with Gasteiger partial charge in [0.25, 0.3) is 5.91 Å². The maximum Gasteiger partial charge on any atom is 0.260 e. The molecule has 2 aromatic rings. The Kier molecular flexibility index (Phi) is 8.11. The number of halogens is 1. The number of phenolic OH excluding ortho intramolecular Hbond substituents is 1. The van der Waals surface area contributed by atoms with E-state index in [0.29, 0.717) is 21.5 Å². The van der Waals surface area contributed by atoms with Gasteiger partial charge in [0, 0.05) is 6.07 Å². The number of carbonyl (C=O) groups is 1. The molecule has 0 saturated heterocycles. The molecular formula is C19H22BrN3O7S. The van der Waals surface area contributed by atoms with Crippen LogP contribution in [0.5, 0.6) is 23.0 Å². The number of hydrazone groups is 1. The van der Waals surface area contributed by atoms with E-state index < -0.39 is 22.5 Å². The topological polar surface area (TPSA) is 127 Å². The Hall–Kier alpha value is -2.99. The van der Waals surface area contributed by atoms with Crippen LogP contribution in [-0.4, -0.2) is 59.8 Å². The zero-order valence-electron chi connectivity index (χ0n) is 17.2. The molecule has 0 aliphatic rings. The van der Waals surface area contributed by atoms with Crippen molar-refractivity contribution in [3.05, 3.63) is 40.4 Å². The molecule has 0 aliphatic carbocycles. The highest BCUT2D eigenvalue weighted by Gasteiger charge is 2.22. The summed E-state index contributed by atoms with van der Waals surface area (Å²) in [5.41, 5.74) is 3.03. The van der Waals surface area contributed by atoms with Crippen molar-refractivity contribution < 1.29 is 32.5 Å². The molecule has 1 amide bonds. The first-order valence-electron chi connectivity index (χ1n) is 8.68. The predicted molar refractivity (Wildman–Crippen MR) is 120 cm³/mol. The maximum absolute atomic E-state index is 12.3. The molecule has 10 nitrogen and oxygen atoms in total. The second kappa shape index (κ2) is 10.4. The van der Waals surface area contributed by atoms with E-state index in [0.717, 1.165) is 10.6 Å². The number of carbonyl (C=O) groups excluding carboxylic acids is 1. The zero-order valence-corrected chi connectivity index (χ0v) is 19.7. The minimum absolute atomic E-state index is 0.0672.